The number of hydrogen-bond donors (Lipinski definition) is 1. The fraction of sp³-hybridized carbons (Fsp3) is 0.591. The van der Waals surface area contributed by atoms with Crippen molar-refractivity contribution < 1.29 is 31.2 Å². The number of halogens is 3. The van der Waals surface area contributed by atoms with Crippen molar-refractivity contribution in [2.75, 3.05) is 32.7 Å². The fourth-order valence-electron chi connectivity index (χ4n) is 4.78. The van der Waals surface area contributed by atoms with Crippen LogP contribution in [0, 0.1) is 40.6 Å². The highest BCUT2D eigenvalue weighted by atomic mass is 32.2. The van der Waals surface area contributed by atoms with Crippen LogP contribution in [0.5, 0.6) is 0 Å². The van der Waals surface area contributed by atoms with Gasteiger partial charge in [-0.3, -0.25) is 9.59 Å². The maximum Gasteiger partial charge on any atom is 0.282 e. The van der Waals surface area contributed by atoms with E-state index in [0.717, 1.165) is 12.1 Å². The van der Waals surface area contributed by atoms with E-state index in [1.54, 1.807) is 0 Å². The molecule has 3 heterocycles. The lowest BCUT2D eigenvalue weighted by atomic mass is 9.97. The first-order valence-electron chi connectivity index (χ1n) is 11.5. The molecule has 3 fully saturated rings. The number of piperidine rings is 1. The maximum atomic E-state index is 13.4. The van der Waals surface area contributed by atoms with Crippen molar-refractivity contribution in [3.8, 4) is 6.07 Å². The van der Waals surface area contributed by atoms with E-state index < -0.39 is 45.5 Å². The Morgan fingerprint density at radius 3 is 2.34 bits per heavy atom. The van der Waals surface area contributed by atoms with Crippen LogP contribution in [0.4, 0.5) is 13.2 Å². The number of hydrogen-bond acceptors (Lipinski definition) is 5. The molecule has 0 radical (unpaired) electrons. The van der Waals surface area contributed by atoms with Gasteiger partial charge in [0.05, 0.1) is 17.9 Å². The molecule has 3 aliphatic rings. The van der Waals surface area contributed by atoms with Gasteiger partial charge in [0, 0.05) is 39.3 Å². The van der Waals surface area contributed by atoms with Crippen LogP contribution in [-0.4, -0.2) is 72.5 Å². The molecule has 0 aromatic heterocycles. The summed E-state index contributed by atoms with van der Waals surface area (Å²) in [4.78, 5) is 27.5. The van der Waals surface area contributed by atoms with Crippen molar-refractivity contribution in [2.24, 2.45) is 11.8 Å². The standard InChI is InChI=1S/C22H26F3N5O4S/c23-17-7-14(8-18(24)20(17)25)10-27-21(31)19-4-2-6-30(19)22(32)16-3-1-5-28(13-16)35(33,34)29-11-15(9-26)12-29/h7-8,15-16,19H,1-6,10-13H2,(H,27,31)/t16-,19+/m0/s1. The number of rotatable bonds is 6. The molecule has 13 heteroatoms. The van der Waals surface area contributed by atoms with Gasteiger partial charge in [-0.25, -0.2) is 13.2 Å². The van der Waals surface area contributed by atoms with E-state index >= 15 is 0 Å². The minimum absolute atomic E-state index is 0.00780. The average Bonchev–Trinajstić information content (AvgIpc) is 3.29. The summed E-state index contributed by atoms with van der Waals surface area (Å²) in [5, 5.41) is 11.5. The Kier molecular flexibility index (Phi) is 7.35. The molecule has 2 amide bonds. The lowest BCUT2D eigenvalue weighted by Crippen LogP contribution is -2.57. The van der Waals surface area contributed by atoms with Crippen molar-refractivity contribution in [3.63, 3.8) is 0 Å². The predicted octanol–water partition coefficient (Wildman–Crippen LogP) is 1.12. The molecule has 190 valence electrons. The first-order valence-corrected chi connectivity index (χ1v) is 12.9. The molecule has 4 rings (SSSR count). The number of nitrogens with zero attached hydrogens (tertiary/aromatic N) is 4. The molecule has 1 N–H and O–H groups in total. The molecular formula is C22H26F3N5O4S. The van der Waals surface area contributed by atoms with E-state index in [0.29, 0.717) is 32.2 Å². The van der Waals surface area contributed by atoms with Gasteiger partial charge in [0.15, 0.2) is 17.5 Å². The molecule has 1 aromatic carbocycles. The summed E-state index contributed by atoms with van der Waals surface area (Å²) in [6.45, 7) is 0.688. The lowest BCUT2D eigenvalue weighted by molar-refractivity contribution is -0.142. The van der Waals surface area contributed by atoms with Gasteiger partial charge in [-0.15, -0.1) is 0 Å². The molecule has 0 spiro atoms. The van der Waals surface area contributed by atoms with Crippen molar-refractivity contribution >= 4 is 22.0 Å². The first kappa shape index (κ1) is 25.4. The van der Waals surface area contributed by atoms with Gasteiger partial charge in [0.2, 0.25) is 11.8 Å². The minimum Gasteiger partial charge on any atom is -0.350 e. The number of nitrogens with one attached hydrogen (secondary N) is 1. The smallest absolute Gasteiger partial charge is 0.282 e. The number of nitriles is 1. The second-order valence-electron chi connectivity index (χ2n) is 9.13. The molecule has 1 aromatic rings. The zero-order valence-electron chi connectivity index (χ0n) is 18.9. The summed E-state index contributed by atoms with van der Waals surface area (Å²) >= 11 is 0. The molecule has 0 unspecified atom stereocenters. The van der Waals surface area contributed by atoms with Crippen LogP contribution >= 0.6 is 0 Å². The molecule has 3 aliphatic heterocycles. The van der Waals surface area contributed by atoms with Crippen molar-refractivity contribution in [2.45, 2.75) is 38.3 Å². The zero-order valence-corrected chi connectivity index (χ0v) is 19.7. The molecule has 9 nitrogen and oxygen atoms in total. The highest BCUT2D eigenvalue weighted by Gasteiger charge is 2.44. The van der Waals surface area contributed by atoms with E-state index in [9.17, 15) is 31.2 Å². The van der Waals surface area contributed by atoms with Crippen LogP contribution < -0.4 is 5.32 Å². The second kappa shape index (κ2) is 10.1. The largest absolute Gasteiger partial charge is 0.350 e. The number of benzene rings is 1. The molecule has 35 heavy (non-hydrogen) atoms. The average molecular weight is 514 g/mol. The number of carbonyl (C=O) groups excluding carboxylic acids is 2. The van der Waals surface area contributed by atoms with Crippen LogP contribution in [0.15, 0.2) is 12.1 Å². The Hall–Kier alpha value is -2.69. The van der Waals surface area contributed by atoms with Crippen LogP contribution in [0.25, 0.3) is 0 Å². The summed E-state index contributed by atoms with van der Waals surface area (Å²) < 4.78 is 68.2. The first-order chi connectivity index (χ1) is 16.6. The van der Waals surface area contributed by atoms with Crippen molar-refractivity contribution in [1.82, 2.24) is 18.8 Å². The molecule has 0 aliphatic carbocycles. The van der Waals surface area contributed by atoms with E-state index in [2.05, 4.69) is 5.32 Å². The monoisotopic (exact) mass is 513 g/mol. The third kappa shape index (κ3) is 5.14. The Morgan fingerprint density at radius 1 is 1.03 bits per heavy atom. The van der Waals surface area contributed by atoms with Crippen LogP contribution in [0.1, 0.15) is 31.2 Å². The van der Waals surface area contributed by atoms with Gasteiger partial charge in [-0.1, -0.05) is 0 Å². The minimum atomic E-state index is -3.76. The van der Waals surface area contributed by atoms with E-state index in [1.807, 2.05) is 6.07 Å². The summed E-state index contributed by atoms with van der Waals surface area (Å²) in [5.41, 5.74) is 0.0448. The van der Waals surface area contributed by atoms with Gasteiger partial charge in [0.25, 0.3) is 10.2 Å². The van der Waals surface area contributed by atoms with E-state index in [4.69, 9.17) is 5.26 Å². The lowest BCUT2D eigenvalue weighted by Gasteiger charge is -2.41. The Morgan fingerprint density at radius 2 is 1.69 bits per heavy atom. The third-order valence-corrected chi connectivity index (χ3v) is 8.70. The van der Waals surface area contributed by atoms with E-state index in [1.165, 1.54) is 13.5 Å². The maximum absolute atomic E-state index is 13.4. The number of amides is 2. The zero-order chi connectivity index (χ0) is 25.3. The van der Waals surface area contributed by atoms with Crippen LogP contribution in [0.2, 0.25) is 0 Å². The summed E-state index contributed by atoms with van der Waals surface area (Å²) in [5.74, 6) is -6.02. The van der Waals surface area contributed by atoms with Crippen LogP contribution in [0.3, 0.4) is 0 Å². The molecule has 0 bridgehead atoms. The van der Waals surface area contributed by atoms with Gasteiger partial charge in [-0.05, 0) is 43.4 Å². The van der Waals surface area contributed by atoms with Gasteiger partial charge in [0.1, 0.15) is 6.04 Å². The van der Waals surface area contributed by atoms with Crippen molar-refractivity contribution in [3.05, 3.63) is 35.1 Å². The summed E-state index contributed by atoms with van der Waals surface area (Å²) in [6, 6.07) is 2.85. The second-order valence-corrected chi connectivity index (χ2v) is 11.1. The number of likely N-dealkylation sites (tertiary alicyclic amines) is 1. The van der Waals surface area contributed by atoms with E-state index in [-0.39, 0.29) is 50.1 Å². The fourth-order valence-corrected chi connectivity index (χ4v) is 6.57. The topological polar surface area (TPSA) is 114 Å². The molecule has 2 atom stereocenters. The summed E-state index contributed by atoms with van der Waals surface area (Å²) in [6.07, 6.45) is 1.98. The highest BCUT2D eigenvalue weighted by Crippen LogP contribution is 2.29. The van der Waals surface area contributed by atoms with Gasteiger partial charge in [-0.2, -0.15) is 22.3 Å². The van der Waals surface area contributed by atoms with Crippen LogP contribution in [-0.2, 0) is 26.3 Å². The normalized spacial score (nSPS) is 24.1. The van der Waals surface area contributed by atoms with Gasteiger partial charge >= 0.3 is 0 Å². The SMILES string of the molecule is N#CC1CN(S(=O)(=O)N2CCC[C@H](C(=O)N3CCC[C@@H]3C(=O)NCc3cc(F)c(F)c(F)c3)C2)C1. The van der Waals surface area contributed by atoms with Gasteiger partial charge < -0.3 is 10.2 Å². The number of carbonyl (C=O) groups is 2. The Labute approximate surface area is 201 Å². The Bertz CT molecular complexity index is 1130. The predicted molar refractivity (Wildman–Crippen MR) is 117 cm³/mol. The molecule has 3 saturated heterocycles. The molecule has 0 saturated carbocycles. The summed E-state index contributed by atoms with van der Waals surface area (Å²) in [7, 11) is -3.76. The van der Waals surface area contributed by atoms with Crippen molar-refractivity contribution in [1.29, 1.82) is 5.26 Å². The molecular weight excluding hydrogens is 487 g/mol. The highest BCUT2D eigenvalue weighted by molar-refractivity contribution is 7.86. The third-order valence-electron chi connectivity index (χ3n) is 6.77. The Balaban J connectivity index is 1.37. The quantitative estimate of drug-likeness (QED) is 0.573.